The van der Waals surface area contributed by atoms with E-state index in [1.165, 1.54) is 0 Å². The number of rotatable bonds is 5. The molecule has 0 aliphatic heterocycles. The molecule has 0 saturated heterocycles. The fourth-order valence-electron chi connectivity index (χ4n) is 2.68. The molecule has 0 saturated carbocycles. The van der Waals surface area contributed by atoms with Crippen LogP contribution in [0.25, 0.3) is 11.3 Å². The molecule has 4 aromatic rings. The highest BCUT2D eigenvalue weighted by molar-refractivity contribution is 5.65. The molecule has 0 atom stereocenters. The molecule has 5 nitrogen and oxygen atoms in total. The van der Waals surface area contributed by atoms with Crippen molar-refractivity contribution in [2.45, 2.75) is 6.92 Å². The summed E-state index contributed by atoms with van der Waals surface area (Å²) in [6, 6.07) is 26.3. The zero-order chi connectivity index (χ0) is 19.3. The van der Waals surface area contributed by atoms with Crippen LogP contribution in [-0.2, 0) is 0 Å². The summed E-state index contributed by atoms with van der Waals surface area (Å²) in [5.41, 5.74) is 2.83. The van der Waals surface area contributed by atoms with Crippen LogP contribution in [0.15, 0.2) is 99.6 Å². The number of azo groups is 1. The number of aryl methyl sites for hydroxylation is 1. The van der Waals surface area contributed by atoms with Crippen LogP contribution in [0.3, 0.4) is 0 Å². The van der Waals surface area contributed by atoms with Crippen molar-refractivity contribution >= 4 is 11.4 Å². The summed E-state index contributed by atoms with van der Waals surface area (Å²) < 4.78 is 11.2. The highest BCUT2D eigenvalue weighted by Crippen LogP contribution is 2.37. The second-order valence-corrected chi connectivity index (χ2v) is 6.23. The molecule has 0 aliphatic carbocycles. The average Bonchev–Trinajstić information content (AvgIpc) is 3.09. The first-order chi connectivity index (χ1) is 13.7. The summed E-state index contributed by atoms with van der Waals surface area (Å²) in [4.78, 5) is 0. The lowest BCUT2D eigenvalue weighted by molar-refractivity contribution is 0.339. The van der Waals surface area contributed by atoms with Gasteiger partial charge >= 0.3 is 5.95 Å². The van der Waals surface area contributed by atoms with E-state index in [1.807, 2.05) is 85.8 Å². The molecule has 28 heavy (non-hydrogen) atoms. The normalized spacial score (nSPS) is 11.0. The average molecular weight is 370 g/mol. The van der Waals surface area contributed by atoms with Crippen molar-refractivity contribution < 1.29 is 14.3 Å². The predicted octanol–water partition coefficient (Wildman–Crippen LogP) is 7.17. The zero-order valence-corrected chi connectivity index (χ0v) is 15.2. The van der Waals surface area contributed by atoms with E-state index in [1.54, 1.807) is 6.07 Å². The van der Waals surface area contributed by atoms with Gasteiger partial charge in [-0.05, 0) is 55.0 Å². The first-order valence-electron chi connectivity index (χ1n) is 8.82. The largest absolute Gasteiger partial charge is 0.479 e. The van der Waals surface area contributed by atoms with Crippen LogP contribution >= 0.6 is 0 Å². The van der Waals surface area contributed by atoms with E-state index in [0.29, 0.717) is 11.5 Å². The van der Waals surface area contributed by atoms with Crippen LogP contribution in [0.4, 0.5) is 11.4 Å². The molecule has 0 spiro atoms. The van der Waals surface area contributed by atoms with Crippen LogP contribution in [0.1, 0.15) is 5.56 Å². The Kier molecular flexibility index (Phi) is 4.89. The number of furan rings is 1. The van der Waals surface area contributed by atoms with Gasteiger partial charge in [-0.1, -0.05) is 36.4 Å². The summed E-state index contributed by atoms with van der Waals surface area (Å²) in [5.74, 6) is 1.72. The van der Waals surface area contributed by atoms with Crippen LogP contribution in [0.5, 0.6) is 17.4 Å². The van der Waals surface area contributed by atoms with Gasteiger partial charge in [0.2, 0.25) is 0 Å². The zero-order valence-electron chi connectivity index (χ0n) is 15.2. The van der Waals surface area contributed by atoms with Gasteiger partial charge in [0, 0.05) is 11.6 Å². The summed E-state index contributed by atoms with van der Waals surface area (Å²) in [6.07, 6.45) is 0. The first kappa shape index (κ1) is 17.5. The number of hydrogen-bond acceptors (Lipinski definition) is 5. The van der Waals surface area contributed by atoms with E-state index in [2.05, 4.69) is 10.2 Å². The molecule has 3 aromatic carbocycles. The molecule has 5 heteroatoms. The molecular weight excluding hydrogens is 352 g/mol. The minimum Gasteiger partial charge on any atom is -0.479 e. The van der Waals surface area contributed by atoms with Gasteiger partial charge in [0.05, 0.1) is 5.69 Å². The SMILES string of the molecule is Cc1ccccc1N=Nc1cc(-c2ccc(Oc3ccccc3)cc2)oc1O. The number of nitrogens with zero attached hydrogens (tertiary/aromatic N) is 2. The highest BCUT2D eigenvalue weighted by atomic mass is 16.5. The Morgan fingerprint density at radius 1 is 0.750 bits per heavy atom. The van der Waals surface area contributed by atoms with Gasteiger partial charge in [-0.3, -0.25) is 0 Å². The molecule has 1 N–H and O–H groups in total. The standard InChI is InChI=1S/C23H18N2O3/c1-16-7-5-6-10-20(16)24-25-21-15-22(28-23(21)26)17-11-13-19(14-12-17)27-18-8-3-2-4-9-18/h2-15,26H,1H3. The van der Waals surface area contributed by atoms with Crippen molar-refractivity contribution in [3.05, 3.63) is 90.5 Å². The van der Waals surface area contributed by atoms with Crippen molar-refractivity contribution in [3.8, 4) is 28.8 Å². The molecule has 0 aliphatic rings. The maximum atomic E-state index is 10.0. The summed E-state index contributed by atoms with van der Waals surface area (Å²) in [5, 5.41) is 18.3. The third-order valence-electron chi connectivity index (χ3n) is 4.19. The number of ether oxygens (including phenoxy) is 1. The van der Waals surface area contributed by atoms with Gasteiger partial charge in [0.15, 0.2) is 5.69 Å². The van der Waals surface area contributed by atoms with Crippen molar-refractivity contribution in [2.75, 3.05) is 0 Å². The lowest BCUT2D eigenvalue weighted by Gasteiger charge is -2.05. The van der Waals surface area contributed by atoms with Crippen LogP contribution in [-0.4, -0.2) is 5.11 Å². The van der Waals surface area contributed by atoms with Crippen LogP contribution in [0.2, 0.25) is 0 Å². The van der Waals surface area contributed by atoms with E-state index in [0.717, 1.165) is 22.6 Å². The van der Waals surface area contributed by atoms with E-state index in [9.17, 15) is 5.11 Å². The van der Waals surface area contributed by atoms with Gasteiger partial charge in [0.1, 0.15) is 17.3 Å². The number of para-hydroxylation sites is 1. The molecular formula is C23H18N2O3. The Morgan fingerprint density at radius 2 is 1.39 bits per heavy atom. The van der Waals surface area contributed by atoms with E-state index in [-0.39, 0.29) is 11.6 Å². The maximum Gasteiger partial charge on any atom is 0.311 e. The molecule has 0 bridgehead atoms. The van der Waals surface area contributed by atoms with Gasteiger partial charge in [-0.2, -0.15) is 5.11 Å². The quantitative estimate of drug-likeness (QED) is 0.379. The summed E-state index contributed by atoms with van der Waals surface area (Å²) >= 11 is 0. The Morgan fingerprint density at radius 3 is 2.14 bits per heavy atom. The number of aromatic hydroxyl groups is 1. The molecule has 1 aromatic heterocycles. The smallest absolute Gasteiger partial charge is 0.311 e. The monoisotopic (exact) mass is 370 g/mol. The summed E-state index contributed by atoms with van der Waals surface area (Å²) in [6.45, 7) is 1.95. The summed E-state index contributed by atoms with van der Waals surface area (Å²) in [7, 11) is 0. The first-order valence-corrected chi connectivity index (χ1v) is 8.82. The third kappa shape index (κ3) is 3.94. The fourth-order valence-corrected chi connectivity index (χ4v) is 2.68. The van der Waals surface area contributed by atoms with Gasteiger partial charge in [-0.25, -0.2) is 0 Å². The highest BCUT2D eigenvalue weighted by Gasteiger charge is 2.12. The Balaban J connectivity index is 1.52. The molecule has 1 heterocycles. The molecule has 0 radical (unpaired) electrons. The maximum absolute atomic E-state index is 10.0. The number of benzene rings is 3. The van der Waals surface area contributed by atoms with Crippen LogP contribution < -0.4 is 4.74 Å². The van der Waals surface area contributed by atoms with Crippen molar-refractivity contribution in [1.82, 2.24) is 0 Å². The third-order valence-corrected chi connectivity index (χ3v) is 4.19. The van der Waals surface area contributed by atoms with Crippen LogP contribution in [0, 0.1) is 6.92 Å². The van der Waals surface area contributed by atoms with Gasteiger partial charge in [0.25, 0.3) is 0 Å². The minimum atomic E-state index is -0.267. The minimum absolute atomic E-state index is 0.267. The lowest BCUT2D eigenvalue weighted by Crippen LogP contribution is -1.83. The molecule has 4 rings (SSSR count). The second-order valence-electron chi connectivity index (χ2n) is 6.23. The Bertz CT molecular complexity index is 1100. The molecule has 138 valence electrons. The topological polar surface area (TPSA) is 67.3 Å². The lowest BCUT2D eigenvalue weighted by atomic mass is 10.1. The van der Waals surface area contributed by atoms with Crippen molar-refractivity contribution in [1.29, 1.82) is 0 Å². The second kappa shape index (κ2) is 7.80. The van der Waals surface area contributed by atoms with E-state index >= 15 is 0 Å². The van der Waals surface area contributed by atoms with E-state index in [4.69, 9.17) is 9.15 Å². The molecule has 0 unspecified atom stereocenters. The van der Waals surface area contributed by atoms with E-state index < -0.39 is 0 Å². The van der Waals surface area contributed by atoms with Gasteiger partial charge in [-0.15, -0.1) is 5.11 Å². The molecule has 0 amide bonds. The predicted molar refractivity (Wildman–Crippen MR) is 108 cm³/mol. The molecule has 0 fully saturated rings. The Labute approximate surface area is 162 Å². The van der Waals surface area contributed by atoms with Gasteiger partial charge < -0.3 is 14.3 Å². The number of hydrogen-bond donors (Lipinski definition) is 1. The fraction of sp³-hybridized carbons (Fsp3) is 0.0435. The van der Waals surface area contributed by atoms with Crippen molar-refractivity contribution in [2.24, 2.45) is 10.2 Å². The van der Waals surface area contributed by atoms with Crippen molar-refractivity contribution in [3.63, 3.8) is 0 Å². The Hall–Kier alpha value is -3.86.